The van der Waals surface area contributed by atoms with Crippen molar-refractivity contribution in [3.05, 3.63) is 75.7 Å². The fraction of sp³-hybridized carbons (Fsp3) is 0.217. The topological polar surface area (TPSA) is 0 Å². The van der Waals surface area contributed by atoms with Gasteiger partial charge in [0.15, 0.2) is 0 Å². The molecule has 5 heteroatoms. The van der Waals surface area contributed by atoms with E-state index < -0.39 is 0 Å². The molecule has 146 valence electrons. The van der Waals surface area contributed by atoms with E-state index in [2.05, 4.69) is 86.5 Å². The van der Waals surface area contributed by atoms with Gasteiger partial charge >= 0.3 is 53.1 Å². The SMILES string of the molecule is Brc1ccc2[cH-]c3ccc(Br)cc3c2c1.[C-]1=CC=CC1.[Cl-].[Cl-].[Zr+2]=[C]1CCCC1. The molecular formula is C23H20Br2Cl2Zr-2. The molecule has 0 spiro atoms. The van der Waals surface area contributed by atoms with Crippen LogP contribution in [-0.4, -0.2) is 3.21 Å². The number of rotatable bonds is 0. The molecule has 1 saturated carbocycles. The molecule has 0 bridgehead atoms. The predicted octanol–water partition coefficient (Wildman–Crippen LogP) is 1.83. The van der Waals surface area contributed by atoms with Crippen molar-refractivity contribution >= 4 is 56.6 Å². The molecule has 5 rings (SSSR count). The number of halogens is 4. The Labute approximate surface area is 211 Å². The first-order valence-electron chi connectivity index (χ1n) is 8.86. The van der Waals surface area contributed by atoms with Crippen LogP contribution in [0.25, 0.3) is 21.5 Å². The summed E-state index contributed by atoms with van der Waals surface area (Å²) in [4.78, 5) is 0. The van der Waals surface area contributed by atoms with E-state index >= 15 is 0 Å². The minimum absolute atomic E-state index is 0. The van der Waals surface area contributed by atoms with Gasteiger partial charge in [-0.05, 0) is 0 Å². The molecule has 0 radical (unpaired) electrons. The number of fused-ring (bicyclic) bond motifs is 3. The van der Waals surface area contributed by atoms with Gasteiger partial charge in [-0.1, -0.05) is 56.1 Å². The fourth-order valence-electron chi connectivity index (χ4n) is 3.08. The van der Waals surface area contributed by atoms with Gasteiger partial charge in [-0.3, -0.25) is 6.08 Å². The molecule has 0 aliphatic heterocycles. The van der Waals surface area contributed by atoms with Gasteiger partial charge in [0.2, 0.25) is 0 Å². The number of benzene rings is 2. The van der Waals surface area contributed by atoms with E-state index in [0.29, 0.717) is 0 Å². The Hall–Kier alpha value is 0.0831. The van der Waals surface area contributed by atoms with E-state index in [1.807, 2.05) is 12.2 Å². The molecule has 28 heavy (non-hydrogen) atoms. The molecule has 3 aromatic carbocycles. The van der Waals surface area contributed by atoms with Gasteiger partial charge in [0.1, 0.15) is 0 Å². The predicted molar refractivity (Wildman–Crippen MR) is 117 cm³/mol. The molecule has 2 aliphatic rings. The molecule has 0 saturated heterocycles. The van der Waals surface area contributed by atoms with Gasteiger partial charge in [-0.25, -0.2) is 12.2 Å². The second kappa shape index (κ2) is 13.4. The molecule has 0 heterocycles. The first kappa shape index (κ1) is 26.1. The molecule has 0 N–H and O–H groups in total. The van der Waals surface area contributed by atoms with Crippen LogP contribution in [0.4, 0.5) is 0 Å². The van der Waals surface area contributed by atoms with Crippen molar-refractivity contribution in [2.24, 2.45) is 0 Å². The van der Waals surface area contributed by atoms with Crippen LogP contribution in [0, 0.1) is 6.08 Å². The Kier molecular flexibility index (Phi) is 12.5. The quantitative estimate of drug-likeness (QED) is 0.338. The molecule has 0 atom stereocenters. The zero-order chi connectivity index (χ0) is 18.4. The van der Waals surface area contributed by atoms with Crippen molar-refractivity contribution in [1.29, 1.82) is 0 Å². The normalized spacial score (nSPS) is 14.1. The second-order valence-electron chi connectivity index (χ2n) is 6.42. The van der Waals surface area contributed by atoms with E-state index in [1.165, 1.54) is 47.2 Å². The van der Waals surface area contributed by atoms with Crippen LogP contribution in [0.5, 0.6) is 0 Å². The van der Waals surface area contributed by atoms with Gasteiger partial charge in [-0.15, -0.1) is 46.2 Å². The molecule has 0 nitrogen and oxygen atoms in total. The van der Waals surface area contributed by atoms with Gasteiger partial charge in [0.05, 0.1) is 0 Å². The standard InChI is InChI=1S/C13H7Br2.C5H8.C5H5.2ClH.Zr/c14-10-3-1-8-5-9-2-4-11(15)7-13(9)12(8)6-10;2*1-2-4-5-3-1;;;/h1-7H;1-4H2;1-3H,4H2;2*1H;/q-1;;-1;;;+2/p-2. The van der Waals surface area contributed by atoms with E-state index in [-0.39, 0.29) is 24.8 Å². The summed E-state index contributed by atoms with van der Waals surface area (Å²) in [6.07, 6.45) is 15.8. The molecule has 0 aromatic heterocycles. The maximum absolute atomic E-state index is 3.51. The molecule has 2 aliphatic carbocycles. The van der Waals surface area contributed by atoms with Crippen LogP contribution in [0.3, 0.4) is 0 Å². The van der Waals surface area contributed by atoms with E-state index in [4.69, 9.17) is 0 Å². The third-order valence-electron chi connectivity index (χ3n) is 4.42. The van der Waals surface area contributed by atoms with Crippen molar-refractivity contribution in [3.8, 4) is 0 Å². The Morgan fingerprint density at radius 1 is 0.857 bits per heavy atom. The van der Waals surface area contributed by atoms with Crippen LogP contribution in [-0.2, 0) is 24.2 Å². The Morgan fingerprint density at radius 3 is 1.71 bits per heavy atom. The third-order valence-corrected chi connectivity index (χ3v) is 6.64. The summed E-state index contributed by atoms with van der Waals surface area (Å²) in [6, 6.07) is 15.0. The minimum atomic E-state index is 0. The maximum atomic E-state index is 3.51. The Bertz CT molecular complexity index is 899. The summed E-state index contributed by atoms with van der Waals surface area (Å²) < 4.78 is 4.05. The second-order valence-corrected chi connectivity index (χ2v) is 9.99. The Morgan fingerprint density at radius 2 is 1.39 bits per heavy atom. The van der Waals surface area contributed by atoms with Gasteiger partial charge in [-0.2, -0.15) is 6.08 Å². The van der Waals surface area contributed by atoms with Gasteiger partial charge < -0.3 is 24.8 Å². The fourth-order valence-corrected chi connectivity index (χ4v) is 4.68. The van der Waals surface area contributed by atoms with Crippen LogP contribution in [0.2, 0.25) is 0 Å². The summed E-state index contributed by atoms with van der Waals surface area (Å²) in [5.74, 6) is 0. The average molecular weight is 618 g/mol. The third kappa shape index (κ3) is 7.73. The van der Waals surface area contributed by atoms with Crippen LogP contribution in [0.1, 0.15) is 32.1 Å². The van der Waals surface area contributed by atoms with E-state index in [9.17, 15) is 0 Å². The van der Waals surface area contributed by atoms with Crippen molar-refractivity contribution in [3.63, 3.8) is 0 Å². The number of hydrogen-bond acceptors (Lipinski definition) is 0. The first-order valence-corrected chi connectivity index (χ1v) is 11.7. The molecule has 3 aromatic rings. The molecule has 1 fully saturated rings. The van der Waals surface area contributed by atoms with Gasteiger partial charge in [0, 0.05) is 8.95 Å². The van der Waals surface area contributed by atoms with E-state index in [0.717, 1.165) is 15.4 Å². The zero-order valence-corrected chi connectivity index (χ0v) is 22.5. The summed E-state index contributed by atoms with van der Waals surface area (Å²) in [6.45, 7) is 0. The van der Waals surface area contributed by atoms with Crippen LogP contribution < -0.4 is 24.8 Å². The monoisotopic (exact) mass is 614 g/mol. The van der Waals surface area contributed by atoms with Crippen LogP contribution >= 0.6 is 31.9 Å². The van der Waals surface area contributed by atoms with Gasteiger partial charge in [0.25, 0.3) is 0 Å². The number of hydrogen-bond donors (Lipinski definition) is 0. The molecule has 0 amide bonds. The van der Waals surface area contributed by atoms with Crippen molar-refractivity contribution in [2.45, 2.75) is 32.1 Å². The molecule has 0 unspecified atom stereocenters. The van der Waals surface area contributed by atoms with Crippen LogP contribution in [0.15, 0.2) is 69.6 Å². The summed E-state index contributed by atoms with van der Waals surface area (Å²) in [7, 11) is 0. The summed E-state index contributed by atoms with van der Waals surface area (Å²) in [5.41, 5.74) is 0. The number of allylic oxidation sites excluding steroid dienone is 4. The first-order chi connectivity index (χ1) is 12.6. The van der Waals surface area contributed by atoms with E-state index in [1.54, 1.807) is 27.4 Å². The summed E-state index contributed by atoms with van der Waals surface area (Å²) in [5, 5.41) is 5.21. The van der Waals surface area contributed by atoms with Crippen molar-refractivity contribution < 1.29 is 49.0 Å². The zero-order valence-electron chi connectivity index (χ0n) is 15.3. The van der Waals surface area contributed by atoms with Crippen molar-refractivity contribution in [1.82, 2.24) is 0 Å². The average Bonchev–Trinajstić information content (AvgIpc) is 3.38. The van der Waals surface area contributed by atoms with Crippen molar-refractivity contribution in [2.75, 3.05) is 0 Å². The molecular weight excluding hydrogens is 598 g/mol. The Balaban J connectivity index is 0.000000252. The summed E-state index contributed by atoms with van der Waals surface area (Å²) >= 11 is 8.70.